The van der Waals surface area contributed by atoms with E-state index in [2.05, 4.69) is 5.32 Å². The van der Waals surface area contributed by atoms with E-state index in [4.69, 9.17) is 0 Å². The van der Waals surface area contributed by atoms with Gasteiger partial charge in [0.15, 0.2) is 0 Å². The Hall–Kier alpha value is -3.06. The van der Waals surface area contributed by atoms with E-state index in [9.17, 15) is 19.5 Å². The molecule has 132 valence electrons. The molecule has 0 radical (unpaired) electrons. The summed E-state index contributed by atoms with van der Waals surface area (Å²) in [5.41, 5.74) is 2.28. The molecule has 7 heteroatoms. The maximum atomic E-state index is 12.4. The van der Waals surface area contributed by atoms with Gasteiger partial charge in [-0.15, -0.1) is 0 Å². The van der Waals surface area contributed by atoms with Gasteiger partial charge in [-0.25, -0.2) is 0 Å². The molecule has 1 saturated heterocycles. The second kappa shape index (κ2) is 7.45. The number of amides is 3. The first-order valence-corrected chi connectivity index (χ1v) is 8.65. The lowest BCUT2D eigenvalue weighted by Gasteiger charge is -2.12. The fourth-order valence-corrected chi connectivity index (χ4v) is 3.26. The SMILES string of the molecule is Cc1cccc(NC(=O)CN2C(=O)S/C(=C\c3ccc(O)cc3)C2=O)c1. The van der Waals surface area contributed by atoms with E-state index < -0.39 is 17.1 Å². The molecule has 0 aliphatic carbocycles. The third kappa shape index (κ3) is 4.12. The molecule has 0 unspecified atom stereocenters. The number of hydrogen-bond acceptors (Lipinski definition) is 5. The van der Waals surface area contributed by atoms with Gasteiger partial charge in [0.25, 0.3) is 11.1 Å². The molecule has 6 nitrogen and oxygen atoms in total. The van der Waals surface area contributed by atoms with Crippen LogP contribution in [0.4, 0.5) is 10.5 Å². The van der Waals surface area contributed by atoms with Crippen molar-refractivity contribution in [2.75, 3.05) is 11.9 Å². The lowest BCUT2D eigenvalue weighted by Crippen LogP contribution is -2.36. The number of anilines is 1. The maximum Gasteiger partial charge on any atom is 0.294 e. The fourth-order valence-electron chi connectivity index (χ4n) is 2.43. The van der Waals surface area contributed by atoms with E-state index in [1.807, 2.05) is 19.1 Å². The van der Waals surface area contributed by atoms with Gasteiger partial charge in [-0.1, -0.05) is 24.3 Å². The molecule has 1 aliphatic heterocycles. The van der Waals surface area contributed by atoms with Gasteiger partial charge in [0.2, 0.25) is 5.91 Å². The van der Waals surface area contributed by atoms with Crippen LogP contribution in [0.2, 0.25) is 0 Å². The summed E-state index contributed by atoms with van der Waals surface area (Å²) in [7, 11) is 0. The first-order chi connectivity index (χ1) is 12.4. The highest BCUT2D eigenvalue weighted by Crippen LogP contribution is 2.32. The number of benzene rings is 2. The third-order valence-corrected chi connectivity index (χ3v) is 4.58. The van der Waals surface area contributed by atoms with Crippen molar-refractivity contribution >= 4 is 40.6 Å². The van der Waals surface area contributed by atoms with Crippen molar-refractivity contribution in [3.05, 3.63) is 64.6 Å². The number of carbonyl (C=O) groups excluding carboxylic acids is 3. The summed E-state index contributed by atoms with van der Waals surface area (Å²) in [4.78, 5) is 37.8. The van der Waals surface area contributed by atoms with Crippen molar-refractivity contribution in [1.29, 1.82) is 0 Å². The van der Waals surface area contributed by atoms with Gasteiger partial charge in [-0.05, 0) is 60.2 Å². The summed E-state index contributed by atoms with van der Waals surface area (Å²) in [5, 5.41) is 11.5. The van der Waals surface area contributed by atoms with Crippen molar-refractivity contribution in [3.63, 3.8) is 0 Å². The monoisotopic (exact) mass is 368 g/mol. The molecule has 0 spiro atoms. The molecule has 0 saturated carbocycles. The highest BCUT2D eigenvalue weighted by molar-refractivity contribution is 8.18. The fraction of sp³-hybridized carbons (Fsp3) is 0.105. The predicted molar refractivity (Wildman–Crippen MR) is 101 cm³/mol. The van der Waals surface area contributed by atoms with Crippen LogP contribution in [0.3, 0.4) is 0 Å². The Morgan fingerprint density at radius 1 is 1.19 bits per heavy atom. The van der Waals surface area contributed by atoms with Crippen LogP contribution in [-0.2, 0) is 9.59 Å². The molecule has 1 heterocycles. The summed E-state index contributed by atoms with van der Waals surface area (Å²) in [6, 6.07) is 13.5. The van der Waals surface area contributed by atoms with Crippen LogP contribution in [0.15, 0.2) is 53.4 Å². The lowest BCUT2D eigenvalue weighted by atomic mass is 10.2. The second-order valence-corrected chi connectivity index (χ2v) is 6.77. The molecule has 0 bridgehead atoms. The van der Waals surface area contributed by atoms with Gasteiger partial charge in [-0.3, -0.25) is 19.3 Å². The van der Waals surface area contributed by atoms with Crippen molar-refractivity contribution in [1.82, 2.24) is 4.90 Å². The zero-order valence-electron chi connectivity index (χ0n) is 13.9. The van der Waals surface area contributed by atoms with Gasteiger partial charge in [0, 0.05) is 5.69 Å². The van der Waals surface area contributed by atoms with Crippen molar-refractivity contribution in [3.8, 4) is 5.75 Å². The number of nitrogens with zero attached hydrogens (tertiary/aromatic N) is 1. The Bertz CT molecular complexity index is 906. The Morgan fingerprint density at radius 2 is 1.92 bits per heavy atom. The van der Waals surface area contributed by atoms with Gasteiger partial charge >= 0.3 is 0 Å². The Labute approximate surface area is 154 Å². The molecule has 3 rings (SSSR count). The molecule has 1 fully saturated rings. The average molecular weight is 368 g/mol. The highest BCUT2D eigenvalue weighted by Gasteiger charge is 2.36. The van der Waals surface area contributed by atoms with E-state index in [-0.39, 0.29) is 17.2 Å². The number of aromatic hydroxyl groups is 1. The average Bonchev–Trinajstić information content (AvgIpc) is 2.84. The van der Waals surface area contributed by atoms with Crippen LogP contribution >= 0.6 is 11.8 Å². The topological polar surface area (TPSA) is 86.7 Å². The molecule has 26 heavy (non-hydrogen) atoms. The van der Waals surface area contributed by atoms with E-state index in [1.54, 1.807) is 30.3 Å². The maximum absolute atomic E-state index is 12.4. The molecule has 3 amide bonds. The number of hydrogen-bond donors (Lipinski definition) is 2. The number of rotatable bonds is 4. The van der Waals surface area contributed by atoms with E-state index in [1.165, 1.54) is 12.1 Å². The zero-order chi connectivity index (χ0) is 18.7. The van der Waals surface area contributed by atoms with Crippen LogP contribution in [0, 0.1) is 6.92 Å². The quantitative estimate of drug-likeness (QED) is 0.808. The predicted octanol–water partition coefficient (Wildman–Crippen LogP) is 3.38. The Balaban J connectivity index is 1.69. The van der Waals surface area contributed by atoms with Crippen molar-refractivity contribution in [2.24, 2.45) is 0 Å². The standard InChI is InChI=1S/C19H16N2O4S/c1-12-3-2-4-14(9-12)20-17(23)11-21-18(24)16(26-19(21)25)10-13-5-7-15(22)8-6-13/h2-10,22H,11H2,1H3,(H,20,23)/b16-10-. The lowest BCUT2D eigenvalue weighted by molar-refractivity contribution is -0.127. The number of carbonyl (C=O) groups is 3. The molecule has 2 aromatic rings. The normalized spacial score (nSPS) is 15.6. The minimum absolute atomic E-state index is 0.114. The van der Waals surface area contributed by atoms with Gasteiger partial charge in [0.1, 0.15) is 12.3 Å². The first kappa shape index (κ1) is 17.8. The summed E-state index contributed by atoms with van der Waals surface area (Å²) < 4.78 is 0. The van der Waals surface area contributed by atoms with Crippen molar-refractivity contribution < 1.29 is 19.5 Å². The minimum atomic E-state index is -0.507. The Morgan fingerprint density at radius 3 is 2.62 bits per heavy atom. The highest BCUT2D eigenvalue weighted by atomic mass is 32.2. The molecular weight excluding hydrogens is 352 g/mol. The minimum Gasteiger partial charge on any atom is -0.508 e. The van der Waals surface area contributed by atoms with E-state index in [0.717, 1.165) is 22.2 Å². The Kier molecular flexibility index (Phi) is 5.09. The van der Waals surface area contributed by atoms with Crippen LogP contribution in [0.5, 0.6) is 5.75 Å². The first-order valence-electron chi connectivity index (χ1n) is 7.83. The summed E-state index contributed by atoms with van der Waals surface area (Å²) in [5.74, 6) is -0.834. The van der Waals surface area contributed by atoms with E-state index >= 15 is 0 Å². The molecule has 2 aromatic carbocycles. The third-order valence-electron chi connectivity index (χ3n) is 3.67. The second-order valence-electron chi connectivity index (χ2n) is 5.78. The summed E-state index contributed by atoms with van der Waals surface area (Å²) in [6.07, 6.45) is 1.56. The van der Waals surface area contributed by atoms with E-state index in [0.29, 0.717) is 11.3 Å². The van der Waals surface area contributed by atoms with Gasteiger partial charge < -0.3 is 10.4 Å². The number of aryl methyl sites for hydroxylation is 1. The van der Waals surface area contributed by atoms with Gasteiger partial charge in [0.05, 0.1) is 4.91 Å². The summed E-state index contributed by atoms with van der Waals surface area (Å²) in [6.45, 7) is 1.56. The smallest absolute Gasteiger partial charge is 0.294 e. The van der Waals surface area contributed by atoms with Crippen LogP contribution < -0.4 is 5.32 Å². The molecule has 2 N–H and O–H groups in total. The van der Waals surface area contributed by atoms with Gasteiger partial charge in [-0.2, -0.15) is 0 Å². The number of imide groups is 1. The molecule has 1 aliphatic rings. The van der Waals surface area contributed by atoms with Crippen LogP contribution in [-0.4, -0.2) is 33.6 Å². The molecular formula is C19H16N2O4S. The summed E-state index contributed by atoms with van der Waals surface area (Å²) >= 11 is 0.788. The van der Waals surface area contributed by atoms with Crippen LogP contribution in [0.25, 0.3) is 6.08 Å². The molecule has 0 atom stereocenters. The van der Waals surface area contributed by atoms with Crippen LogP contribution in [0.1, 0.15) is 11.1 Å². The number of thioether (sulfide) groups is 1. The number of nitrogens with one attached hydrogen (secondary N) is 1. The zero-order valence-corrected chi connectivity index (χ0v) is 14.7. The number of phenols is 1. The number of phenolic OH excluding ortho intramolecular Hbond substituents is 1. The largest absolute Gasteiger partial charge is 0.508 e. The van der Waals surface area contributed by atoms with Crippen molar-refractivity contribution in [2.45, 2.75) is 6.92 Å². The molecule has 0 aromatic heterocycles.